The monoisotopic (exact) mass is 147 g/mol. The van der Waals surface area contributed by atoms with E-state index in [1.165, 1.54) is 0 Å². The van der Waals surface area contributed by atoms with Crippen molar-refractivity contribution in [1.29, 1.82) is 0 Å². The average Bonchev–Trinajstić information content (AvgIpc) is 2.33. The van der Waals surface area contributed by atoms with Gasteiger partial charge < -0.3 is 10.2 Å². The van der Waals surface area contributed by atoms with Crippen molar-refractivity contribution >= 4 is 16.7 Å². The molecule has 2 N–H and O–H groups in total. The number of fused-ring (bicyclic) bond motifs is 1. The molecule has 0 fully saturated rings. The van der Waals surface area contributed by atoms with Gasteiger partial charge in [0.1, 0.15) is 5.58 Å². The van der Waals surface area contributed by atoms with Gasteiger partial charge in [-0.25, -0.2) is 0 Å². The minimum absolute atomic E-state index is 0.780. The molecule has 0 unspecified atom stereocenters. The molecule has 1 aromatic heterocycles. The van der Waals surface area contributed by atoms with E-state index in [4.69, 9.17) is 10.2 Å². The Morgan fingerprint density at radius 3 is 3.00 bits per heavy atom. The van der Waals surface area contributed by atoms with E-state index in [-0.39, 0.29) is 0 Å². The summed E-state index contributed by atoms with van der Waals surface area (Å²) in [7, 11) is 0. The molecule has 11 heavy (non-hydrogen) atoms. The standard InChI is InChI=1S/C9H9NO/c1-6-5-11-9-3-2-7(10)4-8(6)9/h2-5H,10H2,1H3. The molecule has 0 saturated heterocycles. The van der Waals surface area contributed by atoms with Gasteiger partial charge in [0.2, 0.25) is 0 Å². The molecule has 2 aromatic rings. The number of aryl methyl sites for hydroxylation is 1. The predicted molar refractivity (Wildman–Crippen MR) is 45.4 cm³/mol. The summed E-state index contributed by atoms with van der Waals surface area (Å²) in [5.74, 6) is 0. The van der Waals surface area contributed by atoms with E-state index in [0.29, 0.717) is 0 Å². The summed E-state index contributed by atoms with van der Waals surface area (Å²) in [5.41, 5.74) is 8.42. The Labute approximate surface area is 64.6 Å². The molecule has 2 rings (SSSR count). The van der Waals surface area contributed by atoms with Crippen LogP contribution in [0.2, 0.25) is 0 Å². The van der Waals surface area contributed by atoms with Gasteiger partial charge in [0.15, 0.2) is 0 Å². The van der Waals surface area contributed by atoms with Crippen LogP contribution in [0.1, 0.15) is 5.56 Å². The van der Waals surface area contributed by atoms with Crippen LogP contribution in [-0.4, -0.2) is 0 Å². The fraction of sp³-hybridized carbons (Fsp3) is 0.111. The summed E-state index contributed by atoms with van der Waals surface area (Å²) in [4.78, 5) is 0. The zero-order chi connectivity index (χ0) is 7.84. The summed E-state index contributed by atoms with van der Waals surface area (Å²) >= 11 is 0. The lowest BCUT2D eigenvalue weighted by Crippen LogP contribution is -1.82. The summed E-state index contributed by atoms with van der Waals surface area (Å²) in [6.07, 6.45) is 1.74. The number of anilines is 1. The molecule has 1 aromatic carbocycles. The van der Waals surface area contributed by atoms with Crippen molar-refractivity contribution in [3.8, 4) is 0 Å². The quantitative estimate of drug-likeness (QED) is 0.581. The van der Waals surface area contributed by atoms with Gasteiger partial charge in [-0.05, 0) is 30.7 Å². The summed E-state index contributed by atoms with van der Waals surface area (Å²) in [6.45, 7) is 2.01. The summed E-state index contributed by atoms with van der Waals surface area (Å²) in [5, 5.41) is 1.10. The van der Waals surface area contributed by atoms with Crippen molar-refractivity contribution in [3.63, 3.8) is 0 Å². The third kappa shape index (κ3) is 0.871. The second-order valence-electron chi connectivity index (χ2n) is 2.67. The van der Waals surface area contributed by atoms with Crippen molar-refractivity contribution in [1.82, 2.24) is 0 Å². The van der Waals surface area contributed by atoms with Gasteiger partial charge >= 0.3 is 0 Å². The molecule has 0 bridgehead atoms. The molecule has 0 spiro atoms. The molecule has 56 valence electrons. The highest BCUT2D eigenvalue weighted by molar-refractivity contribution is 5.83. The van der Waals surface area contributed by atoms with E-state index in [1.54, 1.807) is 6.26 Å². The Balaban J connectivity index is 2.87. The minimum Gasteiger partial charge on any atom is -0.464 e. The molecule has 0 aliphatic heterocycles. The topological polar surface area (TPSA) is 39.2 Å². The third-order valence-corrected chi connectivity index (χ3v) is 1.79. The van der Waals surface area contributed by atoms with Crippen molar-refractivity contribution in [2.24, 2.45) is 0 Å². The Morgan fingerprint density at radius 2 is 2.18 bits per heavy atom. The van der Waals surface area contributed by atoms with Crippen LogP contribution in [0.15, 0.2) is 28.9 Å². The first-order valence-electron chi connectivity index (χ1n) is 3.51. The fourth-order valence-electron chi connectivity index (χ4n) is 1.17. The highest BCUT2D eigenvalue weighted by atomic mass is 16.3. The van der Waals surface area contributed by atoms with Gasteiger partial charge in [-0.15, -0.1) is 0 Å². The van der Waals surface area contributed by atoms with Crippen LogP contribution < -0.4 is 5.73 Å². The first-order valence-corrected chi connectivity index (χ1v) is 3.51. The lowest BCUT2D eigenvalue weighted by atomic mass is 10.2. The van der Waals surface area contributed by atoms with Gasteiger partial charge in [-0.1, -0.05) is 0 Å². The number of nitrogens with two attached hydrogens (primary N) is 1. The maximum atomic E-state index is 5.61. The van der Waals surface area contributed by atoms with Crippen molar-refractivity contribution in [3.05, 3.63) is 30.0 Å². The van der Waals surface area contributed by atoms with Crippen molar-refractivity contribution in [2.45, 2.75) is 6.92 Å². The molecule has 0 aliphatic carbocycles. The SMILES string of the molecule is Cc1coc2ccc(N)cc12. The molecule has 0 amide bonds. The fourth-order valence-corrected chi connectivity index (χ4v) is 1.17. The van der Waals surface area contributed by atoms with Crippen LogP contribution in [0.3, 0.4) is 0 Å². The average molecular weight is 147 g/mol. The zero-order valence-electron chi connectivity index (χ0n) is 6.29. The van der Waals surface area contributed by atoms with Crippen LogP contribution in [0.25, 0.3) is 11.0 Å². The number of nitrogen functional groups attached to an aromatic ring is 1. The zero-order valence-corrected chi connectivity index (χ0v) is 6.29. The Hall–Kier alpha value is -1.44. The first-order chi connectivity index (χ1) is 5.27. The second-order valence-corrected chi connectivity index (χ2v) is 2.67. The van der Waals surface area contributed by atoms with E-state index < -0.39 is 0 Å². The van der Waals surface area contributed by atoms with Gasteiger partial charge in [-0.2, -0.15) is 0 Å². The minimum atomic E-state index is 0.780. The number of furan rings is 1. The Morgan fingerprint density at radius 1 is 1.36 bits per heavy atom. The van der Waals surface area contributed by atoms with Crippen LogP contribution in [0, 0.1) is 6.92 Å². The summed E-state index contributed by atoms with van der Waals surface area (Å²) in [6, 6.07) is 5.65. The number of benzene rings is 1. The molecule has 0 radical (unpaired) electrons. The van der Waals surface area contributed by atoms with E-state index in [0.717, 1.165) is 22.2 Å². The summed E-state index contributed by atoms with van der Waals surface area (Å²) < 4.78 is 5.25. The van der Waals surface area contributed by atoms with Gasteiger partial charge in [0.05, 0.1) is 6.26 Å². The molecule has 2 heteroatoms. The molecule has 0 aliphatic rings. The van der Waals surface area contributed by atoms with Gasteiger partial charge in [-0.3, -0.25) is 0 Å². The van der Waals surface area contributed by atoms with Crippen LogP contribution in [0.4, 0.5) is 5.69 Å². The number of hydrogen-bond acceptors (Lipinski definition) is 2. The predicted octanol–water partition coefficient (Wildman–Crippen LogP) is 2.32. The number of rotatable bonds is 0. The molecular weight excluding hydrogens is 138 g/mol. The van der Waals surface area contributed by atoms with Crippen molar-refractivity contribution in [2.75, 3.05) is 5.73 Å². The largest absolute Gasteiger partial charge is 0.464 e. The van der Waals surface area contributed by atoms with Gasteiger partial charge in [0.25, 0.3) is 0 Å². The molecule has 0 saturated carbocycles. The van der Waals surface area contributed by atoms with E-state index in [9.17, 15) is 0 Å². The number of hydrogen-bond donors (Lipinski definition) is 1. The van der Waals surface area contributed by atoms with E-state index >= 15 is 0 Å². The van der Waals surface area contributed by atoms with E-state index in [2.05, 4.69) is 0 Å². The second kappa shape index (κ2) is 2.02. The van der Waals surface area contributed by atoms with E-state index in [1.807, 2.05) is 25.1 Å². The van der Waals surface area contributed by atoms with Crippen molar-refractivity contribution < 1.29 is 4.42 Å². The Kier molecular flexibility index (Phi) is 1.15. The lowest BCUT2D eigenvalue weighted by Gasteiger charge is -1.91. The van der Waals surface area contributed by atoms with Crippen LogP contribution >= 0.6 is 0 Å². The highest BCUT2D eigenvalue weighted by Gasteiger charge is 2.00. The maximum absolute atomic E-state index is 5.61. The van der Waals surface area contributed by atoms with Gasteiger partial charge in [0, 0.05) is 11.1 Å². The maximum Gasteiger partial charge on any atom is 0.134 e. The molecular formula is C9H9NO. The Bertz CT molecular complexity index is 389. The lowest BCUT2D eigenvalue weighted by molar-refractivity contribution is 0.613. The molecule has 1 heterocycles. The molecule has 0 atom stereocenters. The van der Waals surface area contributed by atoms with Crippen LogP contribution in [0.5, 0.6) is 0 Å². The first kappa shape index (κ1) is 6.28. The molecule has 2 nitrogen and oxygen atoms in total. The highest BCUT2D eigenvalue weighted by Crippen LogP contribution is 2.22. The normalized spacial score (nSPS) is 10.6. The third-order valence-electron chi connectivity index (χ3n) is 1.79. The van der Waals surface area contributed by atoms with Crippen LogP contribution in [-0.2, 0) is 0 Å². The smallest absolute Gasteiger partial charge is 0.134 e.